The van der Waals surface area contributed by atoms with Crippen LogP contribution in [0.15, 0.2) is 30.3 Å². The molecule has 1 aromatic heterocycles. The summed E-state index contributed by atoms with van der Waals surface area (Å²) in [5.74, 6) is 2.43. The topological polar surface area (TPSA) is 41.0 Å². The molecule has 1 aromatic carbocycles. The molecule has 4 nitrogen and oxygen atoms in total. The Morgan fingerprint density at radius 3 is 2.35 bits per heavy atom. The highest BCUT2D eigenvalue weighted by molar-refractivity contribution is 5.65. The third-order valence-electron chi connectivity index (χ3n) is 3.62. The molecule has 0 unspecified atom stereocenters. The highest BCUT2D eigenvalue weighted by Crippen LogP contribution is 2.39. The molecule has 3 rings (SSSR count). The first-order chi connectivity index (χ1) is 9.67. The first-order valence-electron chi connectivity index (χ1n) is 7.02. The van der Waals surface area contributed by atoms with Gasteiger partial charge in [0.2, 0.25) is 0 Å². The van der Waals surface area contributed by atoms with Gasteiger partial charge in [-0.2, -0.15) is 0 Å². The summed E-state index contributed by atoms with van der Waals surface area (Å²) in [6.07, 6.45) is 2.43. The molecule has 1 aliphatic carbocycles. The van der Waals surface area contributed by atoms with E-state index in [0.29, 0.717) is 5.92 Å². The molecule has 104 valence electrons. The van der Waals surface area contributed by atoms with Crippen LogP contribution in [0.2, 0.25) is 0 Å². The minimum Gasteiger partial charge on any atom is -0.378 e. The number of rotatable bonds is 4. The first-order valence-corrected chi connectivity index (χ1v) is 7.02. The first kappa shape index (κ1) is 12.9. The number of nitrogens with zero attached hydrogens (tertiary/aromatic N) is 3. The lowest BCUT2D eigenvalue weighted by Crippen LogP contribution is -2.08. The van der Waals surface area contributed by atoms with Gasteiger partial charge in [0.1, 0.15) is 11.6 Å². The fraction of sp³-hybridized carbons (Fsp3) is 0.375. The Labute approximate surface area is 119 Å². The lowest BCUT2D eigenvalue weighted by molar-refractivity contribution is 0.932. The van der Waals surface area contributed by atoms with E-state index >= 15 is 0 Å². The van der Waals surface area contributed by atoms with E-state index in [4.69, 9.17) is 4.98 Å². The Balaban J connectivity index is 1.97. The van der Waals surface area contributed by atoms with Crippen LogP contribution in [0.4, 0.5) is 11.5 Å². The Bertz CT molecular complexity index is 600. The molecular weight excluding hydrogens is 248 g/mol. The van der Waals surface area contributed by atoms with Crippen LogP contribution >= 0.6 is 0 Å². The maximum absolute atomic E-state index is 4.72. The van der Waals surface area contributed by atoms with Gasteiger partial charge in [-0.1, -0.05) is 12.1 Å². The van der Waals surface area contributed by atoms with Crippen molar-refractivity contribution in [2.24, 2.45) is 0 Å². The number of hydrogen-bond donors (Lipinski definition) is 1. The third kappa shape index (κ3) is 2.59. The van der Waals surface area contributed by atoms with Crippen molar-refractivity contribution in [2.75, 3.05) is 31.4 Å². The van der Waals surface area contributed by atoms with Gasteiger partial charge in [-0.25, -0.2) is 9.97 Å². The molecule has 0 radical (unpaired) electrons. The molecule has 0 amide bonds. The Hall–Kier alpha value is -2.10. The second-order valence-corrected chi connectivity index (χ2v) is 5.46. The van der Waals surface area contributed by atoms with Crippen LogP contribution in [0, 0.1) is 0 Å². The summed E-state index contributed by atoms with van der Waals surface area (Å²) in [6.45, 7) is 0. The number of nitrogens with one attached hydrogen (secondary N) is 1. The van der Waals surface area contributed by atoms with Gasteiger partial charge in [0, 0.05) is 44.4 Å². The molecule has 1 saturated carbocycles. The molecule has 1 aliphatic rings. The van der Waals surface area contributed by atoms with E-state index in [1.54, 1.807) is 0 Å². The summed E-state index contributed by atoms with van der Waals surface area (Å²) in [5.41, 5.74) is 3.33. The summed E-state index contributed by atoms with van der Waals surface area (Å²) in [4.78, 5) is 11.4. The summed E-state index contributed by atoms with van der Waals surface area (Å²) in [5, 5.41) is 3.13. The van der Waals surface area contributed by atoms with Crippen LogP contribution in [0.25, 0.3) is 11.3 Å². The highest BCUT2D eigenvalue weighted by atomic mass is 15.1. The van der Waals surface area contributed by atoms with Gasteiger partial charge >= 0.3 is 0 Å². The quantitative estimate of drug-likeness (QED) is 0.925. The summed E-state index contributed by atoms with van der Waals surface area (Å²) < 4.78 is 0. The fourth-order valence-corrected chi connectivity index (χ4v) is 2.20. The van der Waals surface area contributed by atoms with Crippen molar-refractivity contribution in [2.45, 2.75) is 18.8 Å². The fourth-order valence-electron chi connectivity index (χ4n) is 2.20. The minimum atomic E-state index is 0.558. The predicted molar refractivity (Wildman–Crippen MR) is 83.3 cm³/mol. The van der Waals surface area contributed by atoms with Crippen molar-refractivity contribution in [3.63, 3.8) is 0 Å². The number of aromatic nitrogens is 2. The van der Waals surface area contributed by atoms with Gasteiger partial charge in [-0.3, -0.25) is 0 Å². The second-order valence-electron chi connectivity index (χ2n) is 5.46. The van der Waals surface area contributed by atoms with Crippen molar-refractivity contribution in [1.29, 1.82) is 0 Å². The standard InChI is InChI=1S/C16H20N4/c1-17-15-10-14(18-16(19-15)12-4-5-12)11-6-8-13(9-7-11)20(2)3/h6-10,12H,4-5H2,1-3H3,(H,17,18,19). The van der Waals surface area contributed by atoms with E-state index in [1.165, 1.54) is 18.5 Å². The minimum absolute atomic E-state index is 0.558. The maximum Gasteiger partial charge on any atom is 0.134 e. The van der Waals surface area contributed by atoms with E-state index < -0.39 is 0 Å². The van der Waals surface area contributed by atoms with Crippen molar-refractivity contribution in [3.8, 4) is 11.3 Å². The van der Waals surface area contributed by atoms with E-state index in [1.807, 2.05) is 27.2 Å². The Morgan fingerprint density at radius 1 is 1.10 bits per heavy atom. The van der Waals surface area contributed by atoms with Gasteiger partial charge in [0.15, 0.2) is 0 Å². The SMILES string of the molecule is CNc1cc(-c2ccc(N(C)C)cc2)nc(C2CC2)n1. The van der Waals surface area contributed by atoms with E-state index in [9.17, 15) is 0 Å². The van der Waals surface area contributed by atoms with Gasteiger partial charge in [-0.15, -0.1) is 0 Å². The van der Waals surface area contributed by atoms with Crippen LogP contribution < -0.4 is 10.2 Å². The molecule has 1 N–H and O–H groups in total. The monoisotopic (exact) mass is 268 g/mol. The zero-order valence-electron chi connectivity index (χ0n) is 12.2. The lowest BCUT2D eigenvalue weighted by Gasteiger charge is -2.13. The molecule has 1 heterocycles. The van der Waals surface area contributed by atoms with Gasteiger partial charge < -0.3 is 10.2 Å². The zero-order valence-corrected chi connectivity index (χ0v) is 12.2. The normalized spacial score (nSPS) is 14.2. The predicted octanol–water partition coefficient (Wildman–Crippen LogP) is 3.13. The third-order valence-corrected chi connectivity index (χ3v) is 3.62. The summed E-state index contributed by atoms with van der Waals surface area (Å²) >= 11 is 0. The van der Waals surface area contributed by atoms with Crippen molar-refractivity contribution < 1.29 is 0 Å². The van der Waals surface area contributed by atoms with Crippen LogP contribution in [-0.4, -0.2) is 31.1 Å². The largest absolute Gasteiger partial charge is 0.378 e. The van der Waals surface area contributed by atoms with Gasteiger partial charge in [0.25, 0.3) is 0 Å². The van der Waals surface area contributed by atoms with Gasteiger partial charge in [-0.05, 0) is 25.0 Å². The average molecular weight is 268 g/mol. The molecule has 20 heavy (non-hydrogen) atoms. The molecule has 0 bridgehead atoms. The highest BCUT2D eigenvalue weighted by Gasteiger charge is 2.27. The lowest BCUT2D eigenvalue weighted by atomic mass is 10.1. The Morgan fingerprint density at radius 2 is 1.80 bits per heavy atom. The summed E-state index contributed by atoms with van der Waals surface area (Å²) in [7, 11) is 5.99. The smallest absolute Gasteiger partial charge is 0.134 e. The van der Waals surface area contributed by atoms with Crippen LogP contribution in [-0.2, 0) is 0 Å². The molecule has 0 atom stereocenters. The van der Waals surface area contributed by atoms with Crippen molar-refractivity contribution in [1.82, 2.24) is 9.97 Å². The van der Waals surface area contributed by atoms with Crippen LogP contribution in [0.1, 0.15) is 24.6 Å². The number of anilines is 2. The number of benzene rings is 1. The average Bonchev–Trinajstić information content (AvgIpc) is 3.31. The van der Waals surface area contributed by atoms with E-state index in [0.717, 1.165) is 22.9 Å². The second kappa shape index (κ2) is 5.12. The summed E-state index contributed by atoms with van der Waals surface area (Å²) in [6, 6.07) is 10.5. The molecular formula is C16H20N4. The molecule has 1 fully saturated rings. The molecule has 4 heteroatoms. The maximum atomic E-state index is 4.72. The molecule has 0 spiro atoms. The van der Waals surface area contributed by atoms with E-state index in [2.05, 4.69) is 39.5 Å². The molecule has 0 aliphatic heterocycles. The zero-order chi connectivity index (χ0) is 14.1. The molecule has 2 aromatic rings. The van der Waals surface area contributed by atoms with Crippen molar-refractivity contribution >= 4 is 11.5 Å². The van der Waals surface area contributed by atoms with E-state index in [-0.39, 0.29) is 0 Å². The van der Waals surface area contributed by atoms with Crippen LogP contribution in [0.5, 0.6) is 0 Å². The molecule has 0 saturated heterocycles. The Kier molecular flexibility index (Phi) is 3.30. The van der Waals surface area contributed by atoms with Gasteiger partial charge in [0.05, 0.1) is 5.69 Å². The van der Waals surface area contributed by atoms with Crippen molar-refractivity contribution in [3.05, 3.63) is 36.2 Å². The number of hydrogen-bond acceptors (Lipinski definition) is 4. The van der Waals surface area contributed by atoms with Crippen LogP contribution in [0.3, 0.4) is 0 Å².